The fraction of sp³-hybridized carbons (Fsp3) is 0.533. The average Bonchev–Trinajstić information content (AvgIpc) is 2.68. The van der Waals surface area contributed by atoms with Gasteiger partial charge in [-0.1, -0.05) is 6.07 Å². The van der Waals surface area contributed by atoms with Crippen molar-refractivity contribution in [1.29, 1.82) is 0 Å². The molecule has 0 spiro atoms. The summed E-state index contributed by atoms with van der Waals surface area (Å²) in [4.78, 5) is 14.0. The first-order valence-electron chi connectivity index (χ1n) is 6.56. The largest absolute Gasteiger partial charge is 0.458 e. The second kappa shape index (κ2) is 4.83. The van der Waals surface area contributed by atoms with Gasteiger partial charge in [0.25, 0.3) is 0 Å². The lowest BCUT2D eigenvalue weighted by atomic mass is 10.1. The van der Waals surface area contributed by atoms with E-state index in [0.717, 1.165) is 24.2 Å². The summed E-state index contributed by atoms with van der Waals surface area (Å²) >= 11 is 0. The highest BCUT2D eigenvalue weighted by atomic mass is 19.1. The molecule has 1 heterocycles. The Balaban J connectivity index is 2.17. The molecule has 0 saturated heterocycles. The van der Waals surface area contributed by atoms with Crippen LogP contribution >= 0.6 is 0 Å². The smallest absolute Gasteiger partial charge is 0.328 e. The van der Waals surface area contributed by atoms with Crippen LogP contribution in [0.25, 0.3) is 0 Å². The van der Waals surface area contributed by atoms with Gasteiger partial charge in [-0.3, -0.25) is 0 Å². The first-order chi connectivity index (χ1) is 8.78. The maximum Gasteiger partial charge on any atom is 0.328 e. The number of hydrogen-bond acceptors (Lipinski definition) is 3. The van der Waals surface area contributed by atoms with Gasteiger partial charge in [-0.05, 0) is 51.8 Å². The Morgan fingerprint density at radius 2 is 2.11 bits per heavy atom. The summed E-state index contributed by atoms with van der Waals surface area (Å²) in [5, 5.41) is 0. The van der Waals surface area contributed by atoms with Gasteiger partial charge in [-0.25, -0.2) is 9.18 Å². The van der Waals surface area contributed by atoms with E-state index in [4.69, 9.17) is 4.74 Å². The highest BCUT2D eigenvalue weighted by molar-refractivity contribution is 5.81. The van der Waals surface area contributed by atoms with Crippen LogP contribution in [0.1, 0.15) is 33.3 Å². The van der Waals surface area contributed by atoms with E-state index in [1.165, 1.54) is 12.1 Å². The van der Waals surface area contributed by atoms with Crippen LogP contribution in [-0.4, -0.2) is 24.2 Å². The molecule has 0 fully saturated rings. The molecule has 104 valence electrons. The van der Waals surface area contributed by atoms with E-state index in [1.807, 2.05) is 25.7 Å². The van der Waals surface area contributed by atoms with Crippen molar-refractivity contribution in [3.8, 4) is 0 Å². The van der Waals surface area contributed by atoms with Crippen molar-refractivity contribution in [3.05, 3.63) is 29.6 Å². The molecule has 2 rings (SSSR count). The van der Waals surface area contributed by atoms with Gasteiger partial charge in [0.15, 0.2) is 0 Å². The van der Waals surface area contributed by atoms with Crippen LogP contribution in [0.4, 0.5) is 10.1 Å². The Hall–Kier alpha value is -1.58. The van der Waals surface area contributed by atoms with Crippen LogP contribution in [0.2, 0.25) is 0 Å². The molecule has 0 aliphatic carbocycles. The fourth-order valence-corrected chi connectivity index (χ4v) is 2.29. The number of ether oxygens (including phenoxy) is 1. The maximum absolute atomic E-state index is 13.3. The molecule has 0 radical (unpaired) electrons. The molecule has 1 aromatic rings. The highest BCUT2D eigenvalue weighted by Crippen LogP contribution is 2.30. The van der Waals surface area contributed by atoms with Crippen molar-refractivity contribution >= 4 is 11.7 Å². The lowest BCUT2D eigenvalue weighted by molar-refractivity contribution is -0.156. The van der Waals surface area contributed by atoms with E-state index in [2.05, 4.69) is 0 Å². The van der Waals surface area contributed by atoms with Gasteiger partial charge in [0.05, 0.1) is 0 Å². The normalized spacial score (nSPS) is 16.2. The van der Waals surface area contributed by atoms with Crippen molar-refractivity contribution in [1.82, 2.24) is 0 Å². The van der Waals surface area contributed by atoms with E-state index < -0.39 is 11.6 Å². The zero-order chi connectivity index (χ0) is 14.2. The van der Waals surface area contributed by atoms with E-state index in [9.17, 15) is 9.18 Å². The average molecular weight is 265 g/mol. The van der Waals surface area contributed by atoms with Gasteiger partial charge in [0.1, 0.15) is 17.5 Å². The summed E-state index contributed by atoms with van der Waals surface area (Å²) in [6, 6.07) is 4.33. The van der Waals surface area contributed by atoms with E-state index in [-0.39, 0.29) is 11.8 Å². The summed E-state index contributed by atoms with van der Waals surface area (Å²) in [6.07, 6.45) is 0.836. The predicted octanol–water partition coefficient (Wildman–Crippen LogP) is 2.92. The summed E-state index contributed by atoms with van der Waals surface area (Å²) < 4.78 is 18.7. The molecule has 4 heteroatoms. The summed E-state index contributed by atoms with van der Waals surface area (Å²) in [5.41, 5.74) is 1.38. The molecule has 3 nitrogen and oxygen atoms in total. The van der Waals surface area contributed by atoms with E-state index in [0.29, 0.717) is 0 Å². The predicted molar refractivity (Wildman–Crippen MR) is 72.8 cm³/mol. The number of rotatable bonds is 2. The van der Waals surface area contributed by atoms with Gasteiger partial charge in [-0.15, -0.1) is 0 Å². The number of halogens is 1. The molecule has 1 atom stereocenters. The molecular formula is C15H20FNO2. The van der Waals surface area contributed by atoms with E-state index in [1.54, 1.807) is 13.0 Å². The Kier molecular flexibility index (Phi) is 3.52. The minimum Gasteiger partial charge on any atom is -0.458 e. The SMILES string of the molecule is CC(C(=O)OC(C)(C)C)N1CCc2ccc(F)cc21. The molecule has 1 aromatic carbocycles. The molecule has 0 aromatic heterocycles. The number of carbonyl (C=O) groups excluding carboxylic acids is 1. The van der Waals surface area contributed by atoms with Gasteiger partial charge in [0.2, 0.25) is 0 Å². The molecule has 1 unspecified atom stereocenters. The van der Waals surface area contributed by atoms with Crippen molar-refractivity contribution in [2.75, 3.05) is 11.4 Å². The fourth-order valence-electron chi connectivity index (χ4n) is 2.29. The lowest BCUT2D eigenvalue weighted by Crippen LogP contribution is -2.41. The van der Waals surface area contributed by atoms with Crippen molar-refractivity contribution in [2.45, 2.75) is 45.8 Å². The maximum atomic E-state index is 13.3. The minimum absolute atomic E-state index is 0.274. The summed E-state index contributed by atoms with van der Waals surface area (Å²) in [5.74, 6) is -0.549. The number of anilines is 1. The van der Waals surface area contributed by atoms with Crippen LogP contribution in [0, 0.1) is 5.82 Å². The third-order valence-corrected chi connectivity index (χ3v) is 3.19. The van der Waals surface area contributed by atoms with Crippen molar-refractivity contribution < 1.29 is 13.9 Å². The van der Waals surface area contributed by atoms with Crippen molar-refractivity contribution in [3.63, 3.8) is 0 Å². The Labute approximate surface area is 113 Å². The molecule has 0 saturated carbocycles. The number of fused-ring (bicyclic) bond motifs is 1. The Bertz CT molecular complexity index is 493. The summed E-state index contributed by atoms with van der Waals surface area (Å²) in [6.45, 7) is 8.05. The number of hydrogen-bond donors (Lipinski definition) is 0. The van der Waals surface area contributed by atoms with Gasteiger partial charge in [-0.2, -0.15) is 0 Å². The lowest BCUT2D eigenvalue weighted by Gasteiger charge is -2.29. The molecule has 0 amide bonds. The third kappa shape index (κ3) is 3.06. The monoisotopic (exact) mass is 265 g/mol. The Morgan fingerprint density at radius 3 is 2.74 bits per heavy atom. The third-order valence-electron chi connectivity index (χ3n) is 3.19. The molecular weight excluding hydrogens is 245 g/mol. The van der Waals surface area contributed by atoms with Crippen LogP contribution < -0.4 is 4.90 Å². The van der Waals surface area contributed by atoms with Crippen LogP contribution in [0.15, 0.2) is 18.2 Å². The van der Waals surface area contributed by atoms with Crippen LogP contribution in [-0.2, 0) is 16.0 Å². The van der Waals surface area contributed by atoms with Crippen molar-refractivity contribution in [2.24, 2.45) is 0 Å². The first-order valence-corrected chi connectivity index (χ1v) is 6.56. The van der Waals surface area contributed by atoms with Crippen LogP contribution in [0.3, 0.4) is 0 Å². The summed E-state index contributed by atoms with van der Waals surface area (Å²) in [7, 11) is 0. The second-order valence-corrected chi connectivity index (χ2v) is 5.93. The Morgan fingerprint density at radius 1 is 1.42 bits per heavy atom. The number of carbonyl (C=O) groups is 1. The molecule has 0 bridgehead atoms. The van der Waals surface area contributed by atoms with Gasteiger partial charge < -0.3 is 9.64 Å². The first kappa shape index (κ1) is 13.8. The number of esters is 1. The highest BCUT2D eigenvalue weighted by Gasteiger charge is 2.31. The number of nitrogens with zero attached hydrogens (tertiary/aromatic N) is 1. The minimum atomic E-state index is -0.504. The zero-order valence-electron chi connectivity index (χ0n) is 11.9. The second-order valence-electron chi connectivity index (χ2n) is 5.93. The molecule has 1 aliphatic rings. The molecule has 1 aliphatic heterocycles. The van der Waals surface area contributed by atoms with E-state index >= 15 is 0 Å². The molecule has 19 heavy (non-hydrogen) atoms. The van der Waals surface area contributed by atoms with Gasteiger partial charge in [0, 0.05) is 12.2 Å². The zero-order valence-corrected chi connectivity index (χ0v) is 11.9. The number of benzene rings is 1. The quantitative estimate of drug-likeness (QED) is 0.770. The standard InChI is InChI=1S/C15H20FNO2/c1-10(14(18)19-15(2,3)4)17-8-7-11-5-6-12(16)9-13(11)17/h5-6,9-10H,7-8H2,1-4H3. The van der Waals surface area contributed by atoms with Gasteiger partial charge >= 0.3 is 5.97 Å². The van der Waals surface area contributed by atoms with Crippen LogP contribution in [0.5, 0.6) is 0 Å². The molecule has 0 N–H and O–H groups in total. The topological polar surface area (TPSA) is 29.5 Å².